The van der Waals surface area contributed by atoms with Gasteiger partial charge >= 0.3 is 0 Å². The van der Waals surface area contributed by atoms with E-state index in [9.17, 15) is 4.79 Å². The molecule has 0 spiro atoms. The summed E-state index contributed by atoms with van der Waals surface area (Å²) in [5.74, 6) is 1.54. The molecule has 0 radical (unpaired) electrons. The molecule has 3 heterocycles. The molecule has 1 amide bonds. The second-order valence-electron chi connectivity index (χ2n) is 7.70. The standard InChI is InChI=1S/C23H26N4O/c1-17-5-3-7-21(13-17)23(28)26-12-4-6-19(15-26)16-27-18(2)14-25-22(27)20-8-10-24-11-9-20/h3,5,7-11,13-14,19H,4,6,12,15-16H2,1-2H3. The molecule has 28 heavy (non-hydrogen) atoms. The molecular weight excluding hydrogens is 348 g/mol. The summed E-state index contributed by atoms with van der Waals surface area (Å²) < 4.78 is 2.28. The van der Waals surface area contributed by atoms with E-state index in [-0.39, 0.29) is 5.91 Å². The summed E-state index contributed by atoms with van der Waals surface area (Å²) in [6.07, 6.45) is 7.69. The Kier molecular flexibility index (Phi) is 5.24. The molecule has 1 aromatic carbocycles. The average Bonchev–Trinajstić information content (AvgIpc) is 3.08. The van der Waals surface area contributed by atoms with Crippen molar-refractivity contribution in [1.29, 1.82) is 0 Å². The second-order valence-corrected chi connectivity index (χ2v) is 7.70. The summed E-state index contributed by atoms with van der Waals surface area (Å²) in [4.78, 5) is 23.7. The summed E-state index contributed by atoms with van der Waals surface area (Å²) in [5.41, 5.74) is 4.13. The van der Waals surface area contributed by atoms with E-state index in [1.165, 1.54) is 0 Å². The fraction of sp³-hybridized carbons (Fsp3) is 0.348. The van der Waals surface area contributed by atoms with Crippen LogP contribution < -0.4 is 0 Å². The van der Waals surface area contributed by atoms with Crippen LogP contribution >= 0.6 is 0 Å². The monoisotopic (exact) mass is 374 g/mol. The highest BCUT2D eigenvalue weighted by Gasteiger charge is 2.26. The first-order valence-corrected chi connectivity index (χ1v) is 9.90. The van der Waals surface area contributed by atoms with E-state index in [1.807, 2.05) is 54.4 Å². The molecule has 1 aliphatic rings. The minimum Gasteiger partial charge on any atom is -0.338 e. The molecule has 0 saturated carbocycles. The van der Waals surface area contributed by atoms with Gasteiger partial charge in [0.1, 0.15) is 5.82 Å². The number of carbonyl (C=O) groups is 1. The Bertz CT molecular complexity index is 964. The number of hydrogen-bond acceptors (Lipinski definition) is 3. The molecule has 5 heteroatoms. The zero-order valence-corrected chi connectivity index (χ0v) is 16.5. The lowest BCUT2D eigenvalue weighted by atomic mass is 9.96. The fourth-order valence-electron chi connectivity index (χ4n) is 4.04. The maximum absolute atomic E-state index is 13.0. The number of pyridine rings is 1. The summed E-state index contributed by atoms with van der Waals surface area (Å²) in [5, 5.41) is 0. The van der Waals surface area contributed by atoms with Crippen LogP contribution in [0.15, 0.2) is 55.0 Å². The number of likely N-dealkylation sites (tertiary alicyclic amines) is 1. The first-order chi connectivity index (χ1) is 13.6. The van der Waals surface area contributed by atoms with Gasteiger partial charge in [-0.3, -0.25) is 9.78 Å². The number of hydrogen-bond donors (Lipinski definition) is 0. The Hall–Kier alpha value is -2.95. The molecule has 4 rings (SSSR count). The average molecular weight is 374 g/mol. The Morgan fingerprint density at radius 3 is 2.79 bits per heavy atom. The molecule has 144 valence electrons. The number of imidazole rings is 1. The molecule has 3 aromatic rings. The van der Waals surface area contributed by atoms with Crippen LogP contribution in [0, 0.1) is 19.8 Å². The third-order valence-corrected chi connectivity index (χ3v) is 5.51. The third kappa shape index (κ3) is 3.84. The number of nitrogens with zero attached hydrogens (tertiary/aromatic N) is 4. The Labute approximate surface area is 166 Å². The zero-order chi connectivity index (χ0) is 19.5. The van der Waals surface area contributed by atoms with E-state index in [4.69, 9.17) is 0 Å². The highest BCUT2D eigenvalue weighted by atomic mass is 16.2. The van der Waals surface area contributed by atoms with Crippen molar-refractivity contribution < 1.29 is 4.79 Å². The van der Waals surface area contributed by atoms with Gasteiger partial charge in [0, 0.05) is 55.0 Å². The molecule has 0 N–H and O–H groups in total. The normalized spacial score (nSPS) is 16.9. The zero-order valence-electron chi connectivity index (χ0n) is 16.5. The summed E-state index contributed by atoms with van der Waals surface area (Å²) in [6.45, 7) is 6.62. The highest BCUT2D eigenvalue weighted by molar-refractivity contribution is 5.94. The van der Waals surface area contributed by atoms with Crippen molar-refractivity contribution in [2.75, 3.05) is 13.1 Å². The molecular formula is C23H26N4O. The summed E-state index contributed by atoms with van der Waals surface area (Å²) in [7, 11) is 0. The maximum atomic E-state index is 13.0. The van der Waals surface area contributed by atoms with E-state index in [1.54, 1.807) is 12.4 Å². The van der Waals surface area contributed by atoms with Crippen molar-refractivity contribution in [3.05, 3.63) is 71.8 Å². The van der Waals surface area contributed by atoms with Gasteiger partial charge in [-0.25, -0.2) is 4.98 Å². The van der Waals surface area contributed by atoms with Crippen LogP contribution in [0.2, 0.25) is 0 Å². The molecule has 1 fully saturated rings. The molecule has 1 unspecified atom stereocenters. The van der Waals surface area contributed by atoms with Crippen molar-refractivity contribution in [3.63, 3.8) is 0 Å². The molecule has 1 saturated heterocycles. The predicted molar refractivity (Wildman–Crippen MR) is 110 cm³/mol. The topological polar surface area (TPSA) is 51.0 Å². The second kappa shape index (κ2) is 7.97. The number of carbonyl (C=O) groups excluding carboxylic acids is 1. The van der Waals surface area contributed by atoms with Crippen LogP contribution in [0.25, 0.3) is 11.4 Å². The van der Waals surface area contributed by atoms with Crippen molar-refractivity contribution in [2.24, 2.45) is 5.92 Å². The van der Waals surface area contributed by atoms with Crippen LogP contribution in [0.4, 0.5) is 0 Å². The predicted octanol–water partition coefficient (Wildman–Crippen LogP) is 4.11. The maximum Gasteiger partial charge on any atom is 0.253 e. The van der Waals surface area contributed by atoms with E-state index in [0.717, 1.165) is 60.7 Å². The minimum absolute atomic E-state index is 0.144. The van der Waals surface area contributed by atoms with E-state index in [0.29, 0.717) is 5.92 Å². The van der Waals surface area contributed by atoms with E-state index < -0.39 is 0 Å². The number of aromatic nitrogens is 3. The lowest BCUT2D eigenvalue weighted by Crippen LogP contribution is -2.41. The van der Waals surface area contributed by atoms with E-state index in [2.05, 4.69) is 21.5 Å². The van der Waals surface area contributed by atoms with E-state index >= 15 is 0 Å². The van der Waals surface area contributed by atoms with Gasteiger partial charge in [0.25, 0.3) is 5.91 Å². The molecule has 5 nitrogen and oxygen atoms in total. The van der Waals surface area contributed by atoms with Gasteiger partial charge in [-0.2, -0.15) is 0 Å². The Morgan fingerprint density at radius 1 is 1.18 bits per heavy atom. The first-order valence-electron chi connectivity index (χ1n) is 9.90. The van der Waals surface area contributed by atoms with Crippen LogP contribution in [0.1, 0.15) is 34.5 Å². The van der Waals surface area contributed by atoms with Gasteiger partial charge in [-0.1, -0.05) is 17.7 Å². The molecule has 2 aromatic heterocycles. The summed E-state index contributed by atoms with van der Waals surface area (Å²) in [6, 6.07) is 11.9. The lowest BCUT2D eigenvalue weighted by Gasteiger charge is -2.33. The lowest BCUT2D eigenvalue weighted by molar-refractivity contribution is 0.0662. The Morgan fingerprint density at radius 2 is 2.00 bits per heavy atom. The Balaban J connectivity index is 1.51. The minimum atomic E-state index is 0.144. The van der Waals surface area contributed by atoms with Gasteiger partial charge in [0.05, 0.1) is 0 Å². The van der Waals surface area contributed by atoms with Crippen LogP contribution in [-0.4, -0.2) is 38.4 Å². The molecule has 1 aliphatic heterocycles. The van der Waals surface area contributed by atoms with Crippen LogP contribution in [-0.2, 0) is 6.54 Å². The molecule has 1 atom stereocenters. The highest BCUT2D eigenvalue weighted by Crippen LogP contribution is 2.25. The molecule has 0 aliphatic carbocycles. The smallest absolute Gasteiger partial charge is 0.253 e. The van der Waals surface area contributed by atoms with Gasteiger partial charge in [0.2, 0.25) is 0 Å². The van der Waals surface area contributed by atoms with Crippen molar-refractivity contribution >= 4 is 5.91 Å². The fourth-order valence-corrected chi connectivity index (χ4v) is 4.04. The number of rotatable bonds is 4. The van der Waals surface area contributed by atoms with Crippen LogP contribution in [0.5, 0.6) is 0 Å². The van der Waals surface area contributed by atoms with Crippen molar-refractivity contribution in [1.82, 2.24) is 19.4 Å². The number of benzene rings is 1. The van der Waals surface area contributed by atoms with Gasteiger partial charge in [0.15, 0.2) is 0 Å². The number of aryl methyl sites for hydroxylation is 2. The van der Waals surface area contributed by atoms with Crippen molar-refractivity contribution in [2.45, 2.75) is 33.2 Å². The van der Waals surface area contributed by atoms with Gasteiger partial charge < -0.3 is 9.47 Å². The van der Waals surface area contributed by atoms with Crippen molar-refractivity contribution in [3.8, 4) is 11.4 Å². The number of piperidine rings is 1. The number of amides is 1. The third-order valence-electron chi connectivity index (χ3n) is 5.51. The van der Waals surface area contributed by atoms with Gasteiger partial charge in [-0.05, 0) is 56.9 Å². The quantitative estimate of drug-likeness (QED) is 0.690. The largest absolute Gasteiger partial charge is 0.338 e. The SMILES string of the molecule is Cc1cccc(C(=O)N2CCCC(Cn3c(C)cnc3-c3ccncc3)C2)c1. The molecule has 0 bridgehead atoms. The van der Waals surface area contributed by atoms with Gasteiger partial charge in [-0.15, -0.1) is 0 Å². The van der Waals surface area contributed by atoms with Crippen LogP contribution in [0.3, 0.4) is 0 Å². The summed E-state index contributed by atoms with van der Waals surface area (Å²) >= 11 is 0. The first kappa shape index (κ1) is 18.4.